The van der Waals surface area contributed by atoms with Crippen LogP contribution in [-0.2, 0) is 0 Å². The highest BCUT2D eigenvalue weighted by Gasteiger charge is 2.27. The first-order chi connectivity index (χ1) is 7.55. The summed E-state index contributed by atoms with van der Waals surface area (Å²) in [6.07, 6.45) is 5.20. The van der Waals surface area contributed by atoms with E-state index in [1.54, 1.807) is 0 Å². The van der Waals surface area contributed by atoms with Crippen molar-refractivity contribution in [1.29, 1.82) is 0 Å². The first-order valence-electron chi connectivity index (χ1n) is 6.17. The third kappa shape index (κ3) is 2.91. The molecule has 0 heterocycles. The van der Waals surface area contributed by atoms with Gasteiger partial charge in [0.15, 0.2) is 0 Å². The van der Waals surface area contributed by atoms with Crippen molar-refractivity contribution in [2.75, 3.05) is 11.1 Å². The van der Waals surface area contributed by atoms with Crippen LogP contribution in [0, 0.1) is 5.41 Å². The fourth-order valence-electron chi connectivity index (χ4n) is 2.69. The summed E-state index contributed by atoms with van der Waals surface area (Å²) in [7, 11) is 0. The zero-order valence-corrected chi connectivity index (χ0v) is 10.3. The summed E-state index contributed by atoms with van der Waals surface area (Å²) in [5, 5.41) is 3.60. The number of hydrogen-bond acceptors (Lipinski definition) is 2. The van der Waals surface area contributed by atoms with Crippen LogP contribution in [0.2, 0.25) is 0 Å². The Bertz CT molecular complexity index is 358. The molecule has 1 unspecified atom stereocenters. The molecular formula is C14H22N2. The Kier molecular flexibility index (Phi) is 3.08. The Balaban J connectivity index is 1.99. The molecule has 0 amide bonds. The van der Waals surface area contributed by atoms with Crippen molar-refractivity contribution in [3.8, 4) is 0 Å². The van der Waals surface area contributed by atoms with E-state index in [-0.39, 0.29) is 0 Å². The molecule has 0 aromatic heterocycles. The molecule has 1 aromatic carbocycles. The summed E-state index contributed by atoms with van der Waals surface area (Å²) in [6, 6.07) is 8.65. The molecule has 1 fully saturated rings. The first kappa shape index (κ1) is 11.3. The summed E-state index contributed by atoms with van der Waals surface area (Å²) in [4.78, 5) is 0. The molecule has 0 aliphatic heterocycles. The van der Waals surface area contributed by atoms with E-state index in [0.29, 0.717) is 11.5 Å². The molecule has 2 nitrogen and oxygen atoms in total. The molecule has 1 saturated carbocycles. The average Bonchev–Trinajstić information content (AvgIpc) is 2.15. The maximum Gasteiger partial charge on any atom is 0.0362 e. The number of nitrogen functional groups attached to an aromatic ring is 1. The molecule has 1 aromatic rings. The van der Waals surface area contributed by atoms with Crippen LogP contribution in [0.4, 0.5) is 11.4 Å². The van der Waals surface area contributed by atoms with Gasteiger partial charge in [-0.15, -0.1) is 0 Å². The van der Waals surface area contributed by atoms with Crippen LogP contribution in [-0.4, -0.2) is 6.04 Å². The predicted molar refractivity (Wildman–Crippen MR) is 70.5 cm³/mol. The number of rotatable bonds is 2. The van der Waals surface area contributed by atoms with Crippen molar-refractivity contribution in [1.82, 2.24) is 0 Å². The second kappa shape index (κ2) is 4.36. The molecule has 88 valence electrons. The second-order valence-electron chi connectivity index (χ2n) is 5.73. The van der Waals surface area contributed by atoms with E-state index < -0.39 is 0 Å². The molecule has 1 aliphatic carbocycles. The number of anilines is 2. The summed E-state index contributed by atoms with van der Waals surface area (Å²) >= 11 is 0. The molecule has 0 spiro atoms. The highest BCUT2D eigenvalue weighted by atomic mass is 14.9. The highest BCUT2D eigenvalue weighted by molar-refractivity contribution is 5.54. The number of nitrogens with one attached hydrogen (secondary N) is 1. The van der Waals surface area contributed by atoms with Crippen molar-refractivity contribution >= 4 is 11.4 Å². The largest absolute Gasteiger partial charge is 0.399 e. The van der Waals surface area contributed by atoms with Crippen LogP contribution in [0.25, 0.3) is 0 Å². The molecular weight excluding hydrogens is 196 g/mol. The second-order valence-corrected chi connectivity index (χ2v) is 5.73. The monoisotopic (exact) mass is 218 g/mol. The van der Waals surface area contributed by atoms with Gasteiger partial charge >= 0.3 is 0 Å². The van der Waals surface area contributed by atoms with Crippen molar-refractivity contribution in [3.63, 3.8) is 0 Å². The minimum atomic E-state index is 0.482. The quantitative estimate of drug-likeness (QED) is 0.744. The topological polar surface area (TPSA) is 38.0 Å². The number of nitrogens with two attached hydrogens (primary N) is 1. The highest BCUT2D eigenvalue weighted by Crippen LogP contribution is 2.36. The van der Waals surface area contributed by atoms with Gasteiger partial charge < -0.3 is 11.1 Å². The van der Waals surface area contributed by atoms with Gasteiger partial charge in [0.2, 0.25) is 0 Å². The molecule has 2 heteroatoms. The van der Waals surface area contributed by atoms with Gasteiger partial charge in [0.1, 0.15) is 0 Å². The summed E-state index contributed by atoms with van der Waals surface area (Å²) in [6.45, 7) is 4.72. The lowest BCUT2D eigenvalue weighted by atomic mass is 9.75. The normalized spacial score (nSPS) is 24.0. The molecule has 0 saturated heterocycles. The Morgan fingerprint density at radius 2 is 2.19 bits per heavy atom. The molecule has 1 aliphatic rings. The van der Waals surface area contributed by atoms with E-state index >= 15 is 0 Å². The summed E-state index contributed by atoms with van der Waals surface area (Å²) in [5.74, 6) is 0. The average molecular weight is 218 g/mol. The Morgan fingerprint density at radius 1 is 1.38 bits per heavy atom. The van der Waals surface area contributed by atoms with Crippen LogP contribution in [0.15, 0.2) is 24.3 Å². The fourth-order valence-corrected chi connectivity index (χ4v) is 2.69. The van der Waals surface area contributed by atoms with E-state index in [1.165, 1.54) is 25.7 Å². The predicted octanol–water partition coefficient (Wildman–Crippen LogP) is 3.65. The minimum Gasteiger partial charge on any atom is -0.399 e. The van der Waals surface area contributed by atoms with Crippen molar-refractivity contribution in [2.45, 2.75) is 45.6 Å². The number of hydrogen-bond donors (Lipinski definition) is 2. The summed E-state index contributed by atoms with van der Waals surface area (Å²) < 4.78 is 0. The van der Waals surface area contributed by atoms with Crippen molar-refractivity contribution < 1.29 is 0 Å². The minimum absolute atomic E-state index is 0.482. The van der Waals surface area contributed by atoms with Crippen LogP contribution < -0.4 is 11.1 Å². The third-order valence-corrected chi connectivity index (χ3v) is 3.46. The smallest absolute Gasteiger partial charge is 0.0362 e. The van der Waals surface area contributed by atoms with Gasteiger partial charge in [-0.3, -0.25) is 0 Å². The van der Waals surface area contributed by atoms with Crippen LogP contribution >= 0.6 is 0 Å². The fraction of sp³-hybridized carbons (Fsp3) is 0.571. The molecule has 0 bridgehead atoms. The van der Waals surface area contributed by atoms with Crippen LogP contribution in [0.3, 0.4) is 0 Å². The van der Waals surface area contributed by atoms with Crippen molar-refractivity contribution in [3.05, 3.63) is 24.3 Å². The van der Waals surface area contributed by atoms with E-state index in [2.05, 4.69) is 25.2 Å². The molecule has 2 rings (SSSR count). The zero-order chi connectivity index (χ0) is 11.6. The summed E-state index contributed by atoms with van der Waals surface area (Å²) in [5.41, 5.74) is 8.25. The molecule has 1 atom stereocenters. The van der Waals surface area contributed by atoms with E-state index in [0.717, 1.165) is 11.4 Å². The lowest BCUT2D eigenvalue weighted by Crippen LogP contribution is -2.31. The van der Waals surface area contributed by atoms with Gasteiger partial charge in [0, 0.05) is 17.4 Å². The van der Waals surface area contributed by atoms with Crippen LogP contribution in [0.1, 0.15) is 39.5 Å². The van der Waals surface area contributed by atoms with Gasteiger partial charge in [-0.25, -0.2) is 0 Å². The lowest BCUT2D eigenvalue weighted by molar-refractivity contribution is 0.229. The molecule has 16 heavy (non-hydrogen) atoms. The van der Waals surface area contributed by atoms with Gasteiger partial charge in [-0.2, -0.15) is 0 Å². The van der Waals surface area contributed by atoms with E-state index in [1.807, 2.05) is 18.2 Å². The Labute approximate surface area is 98.2 Å². The van der Waals surface area contributed by atoms with Gasteiger partial charge in [0.05, 0.1) is 0 Å². The van der Waals surface area contributed by atoms with E-state index in [9.17, 15) is 0 Å². The first-order valence-corrected chi connectivity index (χ1v) is 6.17. The van der Waals surface area contributed by atoms with Gasteiger partial charge in [-0.05, 0) is 42.9 Å². The van der Waals surface area contributed by atoms with E-state index in [4.69, 9.17) is 5.73 Å². The standard InChI is InChI=1S/C14H22N2/c1-14(2)8-4-7-13(10-14)16-12-6-3-5-11(15)9-12/h3,5-6,9,13,16H,4,7-8,10,15H2,1-2H3. The van der Waals surface area contributed by atoms with Gasteiger partial charge in [-0.1, -0.05) is 26.3 Å². The number of benzene rings is 1. The maximum atomic E-state index is 5.78. The Morgan fingerprint density at radius 3 is 2.88 bits per heavy atom. The Hall–Kier alpha value is -1.18. The lowest BCUT2D eigenvalue weighted by Gasteiger charge is -2.36. The van der Waals surface area contributed by atoms with Crippen molar-refractivity contribution in [2.24, 2.45) is 5.41 Å². The third-order valence-electron chi connectivity index (χ3n) is 3.46. The maximum absolute atomic E-state index is 5.78. The zero-order valence-electron chi connectivity index (χ0n) is 10.3. The van der Waals surface area contributed by atoms with Gasteiger partial charge in [0.25, 0.3) is 0 Å². The SMILES string of the molecule is CC1(C)CCCC(Nc2cccc(N)c2)C1. The molecule has 3 N–H and O–H groups in total. The molecule has 0 radical (unpaired) electrons. The van der Waals surface area contributed by atoms with Crippen LogP contribution in [0.5, 0.6) is 0 Å².